The fourth-order valence-corrected chi connectivity index (χ4v) is 2.27. The van der Waals surface area contributed by atoms with Crippen molar-refractivity contribution in [3.05, 3.63) is 60.2 Å². The average molecular weight is 298 g/mol. The second-order valence-corrected chi connectivity index (χ2v) is 5.24. The number of urea groups is 1. The monoisotopic (exact) mass is 298 g/mol. The molecule has 0 fully saturated rings. The highest BCUT2D eigenvalue weighted by Gasteiger charge is 2.21. The van der Waals surface area contributed by atoms with Crippen LogP contribution in [0.2, 0.25) is 0 Å². The van der Waals surface area contributed by atoms with E-state index in [0.29, 0.717) is 0 Å². The molecule has 4 nitrogen and oxygen atoms in total. The van der Waals surface area contributed by atoms with Crippen molar-refractivity contribution in [3.63, 3.8) is 0 Å². The van der Waals surface area contributed by atoms with Crippen molar-refractivity contribution in [2.24, 2.45) is 0 Å². The summed E-state index contributed by atoms with van der Waals surface area (Å²) >= 11 is 0. The van der Waals surface area contributed by atoms with E-state index in [2.05, 4.69) is 0 Å². The van der Waals surface area contributed by atoms with Crippen molar-refractivity contribution in [2.75, 3.05) is 26.1 Å². The Morgan fingerprint density at radius 2 is 1.59 bits per heavy atom. The molecule has 0 saturated heterocycles. The van der Waals surface area contributed by atoms with Gasteiger partial charge in [0, 0.05) is 19.8 Å². The minimum Gasteiger partial charge on any atom is -0.497 e. The summed E-state index contributed by atoms with van der Waals surface area (Å²) in [4.78, 5) is 16.0. The maximum absolute atomic E-state index is 12.6. The van der Waals surface area contributed by atoms with Crippen LogP contribution in [0.15, 0.2) is 54.6 Å². The molecule has 2 amide bonds. The van der Waals surface area contributed by atoms with E-state index in [-0.39, 0.29) is 12.1 Å². The topological polar surface area (TPSA) is 32.8 Å². The average Bonchev–Trinajstić information content (AvgIpc) is 2.60. The molecule has 2 rings (SSSR count). The van der Waals surface area contributed by atoms with E-state index in [0.717, 1.165) is 17.0 Å². The SMILES string of the molecule is COc1ccc([C@@H](C)N(C)C(=O)N(C)c2ccccc2)cc1. The molecular weight excluding hydrogens is 276 g/mol. The summed E-state index contributed by atoms with van der Waals surface area (Å²) in [7, 11) is 5.24. The molecule has 0 aliphatic rings. The van der Waals surface area contributed by atoms with Gasteiger partial charge in [-0.1, -0.05) is 30.3 Å². The normalized spacial score (nSPS) is 11.6. The highest BCUT2D eigenvalue weighted by atomic mass is 16.5. The Balaban J connectivity index is 2.11. The van der Waals surface area contributed by atoms with E-state index in [1.54, 1.807) is 24.0 Å². The molecule has 2 aromatic rings. The van der Waals surface area contributed by atoms with Crippen LogP contribution in [-0.2, 0) is 0 Å². The number of nitrogens with zero attached hydrogens (tertiary/aromatic N) is 2. The van der Waals surface area contributed by atoms with Gasteiger partial charge in [-0.25, -0.2) is 4.79 Å². The minimum absolute atomic E-state index is 0.0235. The smallest absolute Gasteiger partial charge is 0.324 e. The second kappa shape index (κ2) is 6.98. The summed E-state index contributed by atoms with van der Waals surface area (Å²) in [5.41, 5.74) is 1.94. The van der Waals surface area contributed by atoms with Crippen LogP contribution < -0.4 is 9.64 Å². The highest BCUT2D eigenvalue weighted by Crippen LogP contribution is 2.23. The number of amides is 2. The molecule has 1 atom stereocenters. The maximum atomic E-state index is 12.6. The Morgan fingerprint density at radius 1 is 1.00 bits per heavy atom. The van der Waals surface area contributed by atoms with E-state index in [1.165, 1.54) is 0 Å². The molecule has 116 valence electrons. The molecule has 0 radical (unpaired) electrons. The zero-order valence-corrected chi connectivity index (χ0v) is 13.5. The largest absolute Gasteiger partial charge is 0.497 e. The summed E-state index contributed by atoms with van der Waals surface area (Å²) in [6, 6.07) is 17.3. The first-order chi connectivity index (χ1) is 10.5. The molecule has 0 bridgehead atoms. The van der Waals surface area contributed by atoms with Crippen LogP contribution in [0.25, 0.3) is 0 Å². The zero-order chi connectivity index (χ0) is 16.1. The molecule has 22 heavy (non-hydrogen) atoms. The fourth-order valence-electron chi connectivity index (χ4n) is 2.27. The van der Waals surface area contributed by atoms with Crippen LogP contribution >= 0.6 is 0 Å². The van der Waals surface area contributed by atoms with Crippen LogP contribution in [0, 0.1) is 0 Å². The minimum atomic E-state index is -0.0467. The lowest BCUT2D eigenvalue weighted by Crippen LogP contribution is -2.40. The molecule has 0 aromatic heterocycles. The standard InChI is InChI=1S/C18H22N2O2/c1-14(15-10-12-17(22-4)13-11-15)19(2)18(21)20(3)16-8-6-5-7-9-16/h5-14H,1-4H3/t14-/m1/s1. The summed E-state index contributed by atoms with van der Waals surface area (Å²) < 4.78 is 5.16. The molecule has 0 N–H and O–H groups in total. The highest BCUT2D eigenvalue weighted by molar-refractivity contribution is 5.91. The van der Waals surface area contributed by atoms with Crippen molar-refractivity contribution in [1.29, 1.82) is 0 Å². The molecular formula is C18H22N2O2. The van der Waals surface area contributed by atoms with E-state index in [4.69, 9.17) is 4.74 Å². The van der Waals surface area contributed by atoms with Gasteiger partial charge in [0.15, 0.2) is 0 Å². The van der Waals surface area contributed by atoms with Crippen molar-refractivity contribution < 1.29 is 9.53 Å². The molecule has 0 unspecified atom stereocenters. The van der Waals surface area contributed by atoms with Crippen LogP contribution in [-0.4, -0.2) is 32.1 Å². The summed E-state index contributed by atoms with van der Waals surface area (Å²) in [6.07, 6.45) is 0. The fraction of sp³-hybridized carbons (Fsp3) is 0.278. The Bertz CT molecular complexity index is 611. The molecule has 0 spiro atoms. The van der Waals surface area contributed by atoms with Crippen LogP contribution in [0.5, 0.6) is 5.75 Å². The number of benzene rings is 2. The molecule has 0 saturated carbocycles. The van der Waals surface area contributed by atoms with Gasteiger partial charge in [0.25, 0.3) is 0 Å². The van der Waals surface area contributed by atoms with Crippen molar-refractivity contribution in [1.82, 2.24) is 4.90 Å². The Kier molecular flexibility index (Phi) is 5.04. The number of hydrogen-bond donors (Lipinski definition) is 0. The maximum Gasteiger partial charge on any atom is 0.324 e. The number of anilines is 1. The van der Waals surface area contributed by atoms with Gasteiger partial charge in [0.1, 0.15) is 5.75 Å². The van der Waals surface area contributed by atoms with E-state index >= 15 is 0 Å². The lowest BCUT2D eigenvalue weighted by molar-refractivity contribution is 0.202. The molecule has 0 heterocycles. The van der Waals surface area contributed by atoms with Gasteiger partial charge in [0.2, 0.25) is 0 Å². The van der Waals surface area contributed by atoms with Crippen molar-refractivity contribution in [3.8, 4) is 5.75 Å². The Morgan fingerprint density at radius 3 is 2.14 bits per heavy atom. The quantitative estimate of drug-likeness (QED) is 0.856. The zero-order valence-electron chi connectivity index (χ0n) is 13.5. The number of carbonyl (C=O) groups excluding carboxylic acids is 1. The first-order valence-corrected chi connectivity index (χ1v) is 7.24. The predicted octanol–water partition coefficient (Wildman–Crippen LogP) is 3.94. The van der Waals surface area contributed by atoms with Gasteiger partial charge >= 0.3 is 6.03 Å². The Labute approximate surface area is 131 Å². The summed E-state index contributed by atoms with van der Waals surface area (Å²) in [5, 5.41) is 0. The van der Waals surface area contributed by atoms with E-state index in [9.17, 15) is 4.79 Å². The van der Waals surface area contributed by atoms with Crippen LogP contribution in [0.1, 0.15) is 18.5 Å². The van der Waals surface area contributed by atoms with Gasteiger partial charge in [-0.2, -0.15) is 0 Å². The summed E-state index contributed by atoms with van der Waals surface area (Å²) in [6.45, 7) is 2.01. The second-order valence-electron chi connectivity index (χ2n) is 5.24. The first kappa shape index (κ1) is 15.9. The van der Waals surface area contributed by atoms with Gasteiger partial charge in [-0.05, 0) is 36.8 Å². The first-order valence-electron chi connectivity index (χ1n) is 7.24. The van der Waals surface area contributed by atoms with Gasteiger partial charge in [-0.15, -0.1) is 0 Å². The van der Waals surface area contributed by atoms with E-state index in [1.807, 2.05) is 68.6 Å². The third-order valence-electron chi connectivity index (χ3n) is 3.91. The molecule has 0 aliphatic carbocycles. The van der Waals surface area contributed by atoms with Crippen molar-refractivity contribution in [2.45, 2.75) is 13.0 Å². The number of methoxy groups -OCH3 is 1. The number of hydrogen-bond acceptors (Lipinski definition) is 2. The third kappa shape index (κ3) is 3.39. The number of rotatable bonds is 4. The van der Waals surface area contributed by atoms with Gasteiger partial charge in [-0.3, -0.25) is 4.90 Å². The number of ether oxygens (including phenoxy) is 1. The van der Waals surface area contributed by atoms with Crippen LogP contribution in [0.3, 0.4) is 0 Å². The van der Waals surface area contributed by atoms with Crippen molar-refractivity contribution >= 4 is 11.7 Å². The van der Waals surface area contributed by atoms with E-state index < -0.39 is 0 Å². The molecule has 2 aromatic carbocycles. The van der Waals surface area contributed by atoms with Crippen LogP contribution in [0.4, 0.5) is 10.5 Å². The predicted molar refractivity (Wildman–Crippen MR) is 89.4 cm³/mol. The Hall–Kier alpha value is -2.49. The van der Waals surface area contributed by atoms with Gasteiger partial charge < -0.3 is 9.64 Å². The number of carbonyl (C=O) groups is 1. The number of para-hydroxylation sites is 1. The van der Waals surface area contributed by atoms with Gasteiger partial charge in [0.05, 0.1) is 13.2 Å². The lowest BCUT2D eigenvalue weighted by atomic mass is 10.1. The third-order valence-corrected chi connectivity index (χ3v) is 3.91. The molecule has 4 heteroatoms. The lowest BCUT2D eigenvalue weighted by Gasteiger charge is -2.30. The summed E-state index contributed by atoms with van der Waals surface area (Å²) in [5.74, 6) is 0.811. The molecule has 0 aliphatic heterocycles.